The zero-order valence-corrected chi connectivity index (χ0v) is 18.9. The van der Waals surface area contributed by atoms with Gasteiger partial charge < -0.3 is 10.6 Å². The predicted octanol–water partition coefficient (Wildman–Crippen LogP) is 2.74. The molecule has 0 aliphatic carbocycles. The fourth-order valence-corrected chi connectivity index (χ4v) is 5.26. The van der Waals surface area contributed by atoms with Crippen molar-refractivity contribution in [1.29, 1.82) is 5.26 Å². The number of anilines is 1. The summed E-state index contributed by atoms with van der Waals surface area (Å²) in [4.78, 5) is 25.2. The molecule has 1 saturated heterocycles. The van der Waals surface area contributed by atoms with E-state index in [1.807, 2.05) is 19.9 Å². The lowest BCUT2D eigenvalue weighted by molar-refractivity contribution is -0.120. The molecule has 1 fully saturated rings. The van der Waals surface area contributed by atoms with Gasteiger partial charge in [-0.3, -0.25) is 9.59 Å². The van der Waals surface area contributed by atoms with Crippen molar-refractivity contribution in [1.82, 2.24) is 9.62 Å². The third-order valence-electron chi connectivity index (χ3n) is 5.30. The van der Waals surface area contributed by atoms with E-state index in [1.165, 1.54) is 16.4 Å². The summed E-state index contributed by atoms with van der Waals surface area (Å²) in [5.74, 6) is -0.897. The highest BCUT2D eigenvalue weighted by atomic mass is 32.2. The highest BCUT2D eigenvalue weighted by molar-refractivity contribution is 7.89. The molecule has 8 nitrogen and oxygen atoms in total. The smallest absolute Gasteiger partial charge is 0.253 e. The summed E-state index contributed by atoms with van der Waals surface area (Å²) in [7, 11) is -3.82. The minimum absolute atomic E-state index is 0.0181. The molecule has 0 aromatic heterocycles. The second kappa shape index (κ2) is 9.94. The minimum atomic E-state index is -3.82. The fourth-order valence-electron chi connectivity index (χ4n) is 3.65. The normalized spacial score (nSPS) is 15.2. The number of para-hydroxylation sites is 1. The van der Waals surface area contributed by atoms with E-state index in [1.54, 1.807) is 36.4 Å². The van der Waals surface area contributed by atoms with Gasteiger partial charge in [-0.1, -0.05) is 24.3 Å². The van der Waals surface area contributed by atoms with Gasteiger partial charge in [-0.25, -0.2) is 8.42 Å². The second-order valence-electron chi connectivity index (χ2n) is 7.95. The van der Waals surface area contributed by atoms with E-state index in [-0.39, 0.29) is 47.3 Å². The number of carbonyl (C=O) groups excluding carboxylic acids is 2. The van der Waals surface area contributed by atoms with Crippen LogP contribution in [0.2, 0.25) is 0 Å². The Morgan fingerprint density at radius 3 is 2.34 bits per heavy atom. The number of rotatable bonds is 6. The van der Waals surface area contributed by atoms with Gasteiger partial charge in [-0.2, -0.15) is 9.57 Å². The molecule has 2 amide bonds. The Kier molecular flexibility index (Phi) is 7.28. The van der Waals surface area contributed by atoms with Crippen molar-refractivity contribution in [3.63, 3.8) is 0 Å². The van der Waals surface area contributed by atoms with Crippen LogP contribution in [0, 0.1) is 17.2 Å². The van der Waals surface area contributed by atoms with Crippen LogP contribution in [0.15, 0.2) is 53.4 Å². The third kappa shape index (κ3) is 5.15. The molecule has 1 aliphatic rings. The first-order chi connectivity index (χ1) is 15.2. The number of hydrogen-bond acceptors (Lipinski definition) is 5. The Morgan fingerprint density at radius 1 is 1.06 bits per heavy atom. The van der Waals surface area contributed by atoms with Crippen LogP contribution in [0.5, 0.6) is 0 Å². The molecule has 2 aromatic rings. The van der Waals surface area contributed by atoms with Crippen molar-refractivity contribution in [2.24, 2.45) is 5.92 Å². The van der Waals surface area contributed by atoms with Crippen LogP contribution < -0.4 is 10.6 Å². The van der Waals surface area contributed by atoms with Gasteiger partial charge in [0.1, 0.15) is 6.07 Å². The average molecular weight is 455 g/mol. The van der Waals surface area contributed by atoms with E-state index in [2.05, 4.69) is 10.6 Å². The monoisotopic (exact) mass is 454 g/mol. The molecule has 0 saturated carbocycles. The van der Waals surface area contributed by atoms with Gasteiger partial charge in [-0.15, -0.1) is 0 Å². The van der Waals surface area contributed by atoms with Crippen molar-refractivity contribution in [3.05, 3.63) is 59.7 Å². The third-order valence-corrected chi connectivity index (χ3v) is 7.26. The Labute approximate surface area is 188 Å². The van der Waals surface area contributed by atoms with E-state index in [9.17, 15) is 23.3 Å². The molecule has 0 bridgehead atoms. The summed E-state index contributed by atoms with van der Waals surface area (Å²) in [5.41, 5.74) is 0.903. The van der Waals surface area contributed by atoms with Crippen molar-refractivity contribution >= 4 is 27.5 Å². The lowest BCUT2D eigenvalue weighted by Gasteiger charge is -2.30. The van der Waals surface area contributed by atoms with Gasteiger partial charge in [0.2, 0.25) is 15.9 Å². The summed E-state index contributed by atoms with van der Waals surface area (Å²) < 4.78 is 27.3. The SMILES string of the molecule is CC(C)NC(=O)c1ccccc1NC(=O)C1CCN(S(=O)(=O)c2ccccc2C#N)CC1. The summed E-state index contributed by atoms with van der Waals surface area (Å²) >= 11 is 0. The van der Waals surface area contributed by atoms with Crippen molar-refractivity contribution in [2.75, 3.05) is 18.4 Å². The Morgan fingerprint density at radius 2 is 1.69 bits per heavy atom. The average Bonchev–Trinajstić information content (AvgIpc) is 2.79. The zero-order valence-electron chi connectivity index (χ0n) is 18.0. The number of hydrogen-bond donors (Lipinski definition) is 2. The summed E-state index contributed by atoms with van der Waals surface area (Å²) in [6.45, 7) is 4.07. The highest BCUT2D eigenvalue weighted by Gasteiger charge is 2.33. The first kappa shape index (κ1) is 23.4. The number of nitrogens with zero attached hydrogens (tertiary/aromatic N) is 2. The maximum atomic E-state index is 13.0. The molecular weight excluding hydrogens is 428 g/mol. The van der Waals surface area contributed by atoms with Crippen LogP contribution in [0.3, 0.4) is 0 Å². The molecule has 32 heavy (non-hydrogen) atoms. The molecule has 2 aromatic carbocycles. The van der Waals surface area contributed by atoms with Crippen molar-refractivity contribution in [3.8, 4) is 6.07 Å². The topological polar surface area (TPSA) is 119 Å². The van der Waals surface area contributed by atoms with Gasteiger partial charge in [-0.05, 0) is 51.0 Å². The van der Waals surface area contributed by atoms with Crippen LogP contribution in [0.4, 0.5) is 5.69 Å². The molecule has 1 aliphatic heterocycles. The largest absolute Gasteiger partial charge is 0.350 e. The lowest BCUT2D eigenvalue weighted by atomic mass is 9.97. The summed E-state index contributed by atoms with van der Waals surface area (Å²) in [5, 5.41) is 14.9. The number of nitriles is 1. The molecule has 3 rings (SSSR count). The van der Waals surface area contributed by atoms with Crippen LogP contribution in [0.25, 0.3) is 0 Å². The number of nitrogens with one attached hydrogen (secondary N) is 2. The van der Waals surface area contributed by atoms with Gasteiger partial charge >= 0.3 is 0 Å². The lowest BCUT2D eigenvalue weighted by Crippen LogP contribution is -2.41. The van der Waals surface area contributed by atoms with Crippen LogP contribution in [0.1, 0.15) is 42.6 Å². The molecular formula is C23H26N4O4S. The number of amides is 2. The van der Waals surface area contributed by atoms with E-state index in [0.717, 1.165) is 0 Å². The number of sulfonamides is 1. The Hall–Kier alpha value is -3.22. The van der Waals surface area contributed by atoms with E-state index >= 15 is 0 Å². The summed E-state index contributed by atoms with van der Waals surface area (Å²) in [6.07, 6.45) is 0.695. The Balaban J connectivity index is 1.67. The van der Waals surface area contributed by atoms with Gasteiger partial charge in [0.05, 0.1) is 21.7 Å². The highest BCUT2D eigenvalue weighted by Crippen LogP contribution is 2.27. The standard InChI is InChI=1S/C23H26N4O4S/c1-16(2)25-23(29)19-8-4-5-9-20(19)26-22(28)17-11-13-27(14-12-17)32(30,31)21-10-6-3-7-18(21)15-24/h3-10,16-17H,11-14H2,1-2H3,(H,25,29)(H,26,28). The molecule has 0 unspecified atom stereocenters. The second-order valence-corrected chi connectivity index (χ2v) is 9.86. The van der Waals surface area contributed by atoms with Crippen molar-refractivity contribution in [2.45, 2.75) is 37.6 Å². The van der Waals surface area contributed by atoms with E-state index < -0.39 is 10.0 Å². The maximum Gasteiger partial charge on any atom is 0.253 e. The van der Waals surface area contributed by atoms with Gasteiger partial charge in [0.25, 0.3) is 5.91 Å². The molecule has 0 spiro atoms. The zero-order chi connectivity index (χ0) is 23.3. The van der Waals surface area contributed by atoms with Crippen LogP contribution in [-0.4, -0.2) is 43.7 Å². The van der Waals surface area contributed by atoms with E-state index in [0.29, 0.717) is 24.1 Å². The first-order valence-corrected chi connectivity index (χ1v) is 11.9. The van der Waals surface area contributed by atoms with Gasteiger partial charge in [0, 0.05) is 25.0 Å². The van der Waals surface area contributed by atoms with Crippen LogP contribution >= 0.6 is 0 Å². The van der Waals surface area contributed by atoms with E-state index in [4.69, 9.17) is 0 Å². The maximum absolute atomic E-state index is 13.0. The molecule has 2 N–H and O–H groups in total. The molecule has 9 heteroatoms. The number of benzene rings is 2. The molecule has 0 atom stereocenters. The molecule has 1 heterocycles. The quantitative estimate of drug-likeness (QED) is 0.696. The minimum Gasteiger partial charge on any atom is -0.350 e. The predicted molar refractivity (Wildman–Crippen MR) is 120 cm³/mol. The fraction of sp³-hybridized carbons (Fsp3) is 0.348. The van der Waals surface area contributed by atoms with Crippen molar-refractivity contribution < 1.29 is 18.0 Å². The Bertz CT molecular complexity index is 1150. The molecule has 0 radical (unpaired) electrons. The van der Waals surface area contributed by atoms with Gasteiger partial charge in [0.15, 0.2) is 0 Å². The number of carbonyl (C=O) groups is 2. The number of piperidine rings is 1. The summed E-state index contributed by atoms with van der Waals surface area (Å²) in [6, 6.07) is 14.8. The molecule has 168 valence electrons. The van der Waals surface area contributed by atoms with Crippen LogP contribution in [-0.2, 0) is 14.8 Å². The first-order valence-electron chi connectivity index (χ1n) is 10.4.